The van der Waals surface area contributed by atoms with E-state index in [-0.39, 0.29) is 6.04 Å². The van der Waals surface area contributed by atoms with Crippen LogP contribution in [0.4, 0.5) is 0 Å². The van der Waals surface area contributed by atoms with Crippen molar-refractivity contribution in [2.45, 2.75) is 57.5 Å². The fourth-order valence-corrected chi connectivity index (χ4v) is 4.10. The molecule has 2 atom stereocenters. The van der Waals surface area contributed by atoms with E-state index in [0.29, 0.717) is 11.8 Å². The minimum atomic E-state index is 0.0848. The van der Waals surface area contributed by atoms with Crippen LogP contribution in [0.5, 0.6) is 0 Å². The highest BCUT2D eigenvalue weighted by Gasteiger charge is 2.35. The van der Waals surface area contributed by atoms with Crippen molar-refractivity contribution in [3.63, 3.8) is 0 Å². The molecule has 0 spiro atoms. The van der Waals surface area contributed by atoms with Gasteiger partial charge in [0.1, 0.15) is 0 Å². The molecule has 2 unspecified atom stereocenters. The molecule has 114 valence electrons. The molecule has 20 heavy (non-hydrogen) atoms. The smallest absolute Gasteiger partial charge is 0.239 e. The van der Waals surface area contributed by atoms with Gasteiger partial charge in [-0.3, -0.25) is 4.79 Å². The zero-order valence-corrected chi connectivity index (χ0v) is 12.8. The molecule has 0 bridgehead atoms. The van der Waals surface area contributed by atoms with Crippen LogP contribution in [0.1, 0.15) is 45.4 Å². The van der Waals surface area contributed by atoms with Crippen LogP contribution in [0, 0.1) is 5.92 Å². The van der Waals surface area contributed by atoms with Crippen LogP contribution in [0.25, 0.3) is 0 Å². The molecule has 3 fully saturated rings. The van der Waals surface area contributed by atoms with Crippen molar-refractivity contribution in [1.29, 1.82) is 0 Å². The maximum Gasteiger partial charge on any atom is 0.239 e. The number of carbonyl (C=O) groups is 1. The first-order valence-electron chi connectivity index (χ1n) is 8.52. The van der Waals surface area contributed by atoms with Gasteiger partial charge in [0.25, 0.3) is 0 Å². The Hall–Kier alpha value is -0.610. The minimum absolute atomic E-state index is 0.0848. The SMILES string of the molecule is CC1CCNC1C(=O)N1CCC(N2CCCCC2)CC1. The molecule has 0 aliphatic carbocycles. The molecule has 0 saturated carbocycles. The standard InChI is InChI=1S/C16H29N3O/c1-13-5-8-17-15(13)16(20)19-11-6-14(7-12-19)18-9-3-2-4-10-18/h13-15,17H,2-12H2,1H3. The normalized spacial score (nSPS) is 33.5. The summed E-state index contributed by atoms with van der Waals surface area (Å²) in [7, 11) is 0. The average Bonchev–Trinajstić information content (AvgIpc) is 2.94. The summed E-state index contributed by atoms with van der Waals surface area (Å²) >= 11 is 0. The van der Waals surface area contributed by atoms with Gasteiger partial charge in [0.15, 0.2) is 0 Å². The molecule has 4 heteroatoms. The Morgan fingerprint density at radius 1 is 1.00 bits per heavy atom. The van der Waals surface area contributed by atoms with Gasteiger partial charge in [0.05, 0.1) is 6.04 Å². The van der Waals surface area contributed by atoms with Gasteiger partial charge in [-0.05, 0) is 57.7 Å². The summed E-state index contributed by atoms with van der Waals surface area (Å²) in [5.74, 6) is 0.856. The summed E-state index contributed by atoms with van der Waals surface area (Å²) in [5.41, 5.74) is 0. The number of nitrogens with one attached hydrogen (secondary N) is 1. The Labute approximate surface area is 122 Å². The van der Waals surface area contributed by atoms with Gasteiger partial charge in [-0.1, -0.05) is 13.3 Å². The minimum Gasteiger partial charge on any atom is -0.341 e. The number of hydrogen-bond donors (Lipinski definition) is 1. The van der Waals surface area contributed by atoms with E-state index in [2.05, 4.69) is 22.0 Å². The Morgan fingerprint density at radius 2 is 1.70 bits per heavy atom. The van der Waals surface area contributed by atoms with Crippen molar-refractivity contribution in [3.05, 3.63) is 0 Å². The molecule has 0 aromatic carbocycles. The maximum atomic E-state index is 12.5. The summed E-state index contributed by atoms with van der Waals surface area (Å²) in [4.78, 5) is 17.3. The molecular weight excluding hydrogens is 250 g/mol. The number of hydrogen-bond acceptors (Lipinski definition) is 3. The monoisotopic (exact) mass is 279 g/mol. The van der Waals surface area contributed by atoms with E-state index in [1.807, 2.05) is 0 Å². The molecule has 4 nitrogen and oxygen atoms in total. The largest absolute Gasteiger partial charge is 0.341 e. The lowest BCUT2D eigenvalue weighted by molar-refractivity contribution is -0.135. The molecule has 0 aromatic heterocycles. The molecular formula is C16H29N3O. The molecule has 3 heterocycles. The van der Waals surface area contributed by atoms with Gasteiger partial charge >= 0.3 is 0 Å². The van der Waals surface area contributed by atoms with Crippen molar-refractivity contribution < 1.29 is 4.79 Å². The van der Waals surface area contributed by atoms with Crippen molar-refractivity contribution in [2.24, 2.45) is 5.92 Å². The number of piperidine rings is 2. The van der Waals surface area contributed by atoms with Crippen LogP contribution in [0.2, 0.25) is 0 Å². The third-order valence-corrected chi connectivity index (χ3v) is 5.48. The third kappa shape index (κ3) is 3.01. The fraction of sp³-hybridized carbons (Fsp3) is 0.938. The Morgan fingerprint density at radius 3 is 2.30 bits per heavy atom. The fourth-order valence-electron chi connectivity index (χ4n) is 4.10. The van der Waals surface area contributed by atoms with Gasteiger partial charge in [0.2, 0.25) is 5.91 Å². The lowest BCUT2D eigenvalue weighted by atomic mass is 9.97. The molecule has 3 aliphatic rings. The summed E-state index contributed by atoms with van der Waals surface area (Å²) in [6.07, 6.45) is 7.62. The number of likely N-dealkylation sites (tertiary alicyclic amines) is 2. The average molecular weight is 279 g/mol. The Balaban J connectivity index is 1.49. The van der Waals surface area contributed by atoms with E-state index in [0.717, 1.165) is 32.1 Å². The van der Waals surface area contributed by atoms with Crippen molar-refractivity contribution in [3.8, 4) is 0 Å². The summed E-state index contributed by atoms with van der Waals surface area (Å²) < 4.78 is 0. The quantitative estimate of drug-likeness (QED) is 0.831. The Kier molecular flexibility index (Phi) is 4.61. The van der Waals surface area contributed by atoms with Crippen LogP contribution in [0.15, 0.2) is 0 Å². The predicted octanol–water partition coefficient (Wildman–Crippen LogP) is 1.46. The van der Waals surface area contributed by atoms with E-state index in [1.54, 1.807) is 0 Å². The second-order valence-corrected chi connectivity index (χ2v) is 6.85. The highest BCUT2D eigenvalue weighted by atomic mass is 16.2. The van der Waals surface area contributed by atoms with E-state index >= 15 is 0 Å². The number of carbonyl (C=O) groups excluding carboxylic acids is 1. The summed E-state index contributed by atoms with van der Waals surface area (Å²) in [6.45, 7) is 7.68. The molecule has 3 saturated heterocycles. The highest BCUT2D eigenvalue weighted by Crippen LogP contribution is 2.23. The van der Waals surface area contributed by atoms with Crippen molar-refractivity contribution in [2.75, 3.05) is 32.7 Å². The van der Waals surface area contributed by atoms with E-state index in [9.17, 15) is 4.79 Å². The molecule has 0 aromatic rings. The van der Waals surface area contributed by atoms with Crippen LogP contribution in [-0.4, -0.2) is 60.5 Å². The number of amides is 1. The predicted molar refractivity (Wildman–Crippen MR) is 80.6 cm³/mol. The van der Waals surface area contributed by atoms with Crippen molar-refractivity contribution in [1.82, 2.24) is 15.1 Å². The lowest BCUT2D eigenvalue weighted by Gasteiger charge is -2.41. The van der Waals surface area contributed by atoms with Crippen LogP contribution >= 0.6 is 0 Å². The van der Waals surface area contributed by atoms with Gasteiger partial charge < -0.3 is 15.1 Å². The number of nitrogens with zero attached hydrogens (tertiary/aromatic N) is 2. The van der Waals surface area contributed by atoms with Crippen LogP contribution in [0.3, 0.4) is 0 Å². The topological polar surface area (TPSA) is 35.6 Å². The summed E-state index contributed by atoms with van der Waals surface area (Å²) in [5, 5.41) is 3.38. The van der Waals surface area contributed by atoms with Gasteiger partial charge in [-0.15, -0.1) is 0 Å². The van der Waals surface area contributed by atoms with E-state index in [1.165, 1.54) is 45.2 Å². The third-order valence-electron chi connectivity index (χ3n) is 5.48. The zero-order chi connectivity index (χ0) is 13.9. The molecule has 3 rings (SSSR count). The second kappa shape index (κ2) is 6.44. The van der Waals surface area contributed by atoms with Crippen molar-refractivity contribution >= 4 is 5.91 Å². The molecule has 0 radical (unpaired) electrons. The summed E-state index contributed by atoms with van der Waals surface area (Å²) in [6, 6.07) is 0.815. The first-order chi connectivity index (χ1) is 9.75. The number of rotatable bonds is 2. The van der Waals surface area contributed by atoms with E-state index < -0.39 is 0 Å². The first-order valence-corrected chi connectivity index (χ1v) is 8.52. The van der Waals surface area contributed by atoms with Gasteiger partial charge in [-0.25, -0.2) is 0 Å². The van der Waals surface area contributed by atoms with Crippen LogP contribution in [-0.2, 0) is 4.79 Å². The zero-order valence-electron chi connectivity index (χ0n) is 12.8. The molecule has 1 N–H and O–H groups in total. The molecule has 1 amide bonds. The second-order valence-electron chi connectivity index (χ2n) is 6.85. The highest BCUT2D eigenvalue weighted by molar-refractivity contribution is 5.82. The first kappa shape index (κ1) is 14.3. The Bertz CT molecular complexity index is 333. The van der Waals surface area contributed by atoms with Gasteiger partial charge in [0, 0.05) is 19.1 Å². The lowest BCUT2D eigenvalue weighted by Crippen LogP contribution is -2.52. The maximum absolute atomic E-state index is 12.5. The van der Waals surface area contributed by atoms with Gasteiger partial charge in [-0.2, -0.15) is 0 Å². The molecule has 3 aliphatic heterocycles. The van der Waals surface area contributed by atoms with E-state index in [4.69, 9.17) is 0 Å². The van der Waals surface area contributed by atoms with Crippen LogP contribution < -0.4 is 5.32 Å².